The predicted octanol–water partition coefficient (Wildman–Crippen LogP) is 5.58. The van der Waals surface area contributed by atoms with E-state index in [1.54, 1.807) is 66.7 Å². The summed E-state index contributed by atoms with van der Waals surface area (Å²) in [6.45, 7) is 1.87. The highest BCUT2D eigenvalue weighted by Gasteiger charge is 2.18. The number of aryl methyl sites for hydroxylation is 1. The second-order valence-corrected chi connectivity index (χ2v) is 8.81. The number of fused-ring (bicyclic) bond motifs is 1. The van der Waals surface area contributed by atoms with Gasteiger partial charge >= 0.3 is 0 Å². The first kappa shape index (κ1) is 21.2. The third-order valence-electron chi connectivity index (χ3n) is 4.84. The molecule has 0 heterocycles. The van der Waals surface area contributed by atoms with Gasteiger partial charge in [0.25, 0.3) is 15.9 Å². The number of anilines is 1. The van der Waals surface area contributed by atoms with E-state index in [0.717, 1.165) is 5.56 Å². The molecule has 0 fully saturated rings. The molecule has 2 N–H and O–H groups in total. The molecule has 0 unspecified atom stereocenters. The molecule has 0 radical (unpaired) electrons. The number of carbonyl (C=O) groups is 1. The summed E-state index contributed by atoms with van der Waals surface area (Å²) in [5, 5.41) is 19.1. The number of nitrogens with zero attached hydrogens (tertiary/aromatic N) is 2. The van der Waals surface area contributed by atoms with Crippen molar-refractivity contribution in [3.05, 3.63) is 96.1 Å². The molecule has 7 nitrogen and oxygen atoms in total. The Labute approximate surface area is 185 Å². The highest BCUT2D eigenvalue weighted by atomic mass is 32.2. The molecule has 4 aromatic carbocycles. The first-order valence-corrected chi connectivity index (χ1v) is 11.2. The number of nitrogens with one attached hydrogen (secondary N) is 1. The number of hydrogen-bond donors (Lipinski definition) is 2. The molecule has 0 atom stereocenters. The normalized spacial score (nSPS) is 11.7. The van der Waals surface area contributed by atoms with Gasteiger partial charge in [-0.1, -0.05) is 60.2 Å². The summed E-state index contributed by atoms with van der Waals surface area (Å²) in [5.74, 6) is -0.788. The maximum absolute atomic E-state index is 12.9. The molecular formula is C24H19N3O4S. The predicted molar refractivity (Wildman–Crippen MR) is 123 cm³/mol. The quantitative estimate of drug-likeness (QED) is 0.309. The lowest BCUT2D eigenvalue weighted by Crippen LogP contribution is -2.13. The second kappa shape index (κ2) is 8.60. The van der Waals surface area contributed by atoms with E-state index in [1.165, 1.54) is 18.2 Å². The van der Waals surface area contributed by atoms with E-state index in [-0.39, 0.29) is 22.0 Å². The molecule has 0 spiro atoms. The van der Waals surface area contributed by atoms with Crippen molar-refractivity contribution in [3.8, 4) is 5.75 Å². The van der Waals surface area contributed by atoms with Crippen LogP contribution in [0.25, 0.3) is 10.8 Å². The number of rotatable bonds is 5. The summed E-state index contributed by atoms with van der Waals surface area (Å²) in [6, 6.07) is 22.9. The van der Waals surface area contributed by atoms with Crippen molar-refractivity contribution in [1.82, 2.24) is 0 Å². The van der Waals surface area contributed by atoms with Crippen LogP contribution in [-0.2, 0) is 10.0 Å². The third kappa shape index (κ3) is 4.35. The fourth-order valence-electron chi connectivity index (χ4n) is 3.16. The number of phenols is 1. The number of azo groups is 1. The molecule has 4 aromatic rings. The smallest absolute Gasteiger partial charge is 0.295 e. The van der Waals surface area contributed by atoms with Crippen molar-refractivity contribution in [2.24, 2.45) is 10.2 Å². The van der Waals surface area contributed by atoms with Gasteiger partial charge in [-0.2, -0.15) is 0 Å². The van der Waals surface area contributed by atoms with Gasteiger partial charge in [-0.25, -0.2) is 8.42 Å². The van der Waals surface area contributed by atoms with Crippen LogP contribution in [0.15, 0.2) is 100 Å². The van der Waals surface area contributed by atoms with Crippen LogP contribution in [0.3, 0.4) is 0 Å². The molecular weight excluding hydrogens is 426 g/mol. The zero-order chi connectivity index (χ0) is 22.7. The molecule has 32 heavy (non-hydrogen) atoms. The van der Waals surface area contributed by atoms with Crippen LogP contribution in [0.4, 0.5) is 11.4 Å². The zero-order valence-electron chi connectivity index (χ0n) is 17.1. The van der Waals surface area contributed by atoms with Gasteiger partial charge < -0.3 is 5.11 Å². The van der Waals surface area contributed by atoms with Crippen LogP contribution in [-0.4, -0.2) is 19.4 Å². The summed E-state index contributed by atoms with van der Waals surface area (Å²) in [6.07, 6.45) is 0. The van der Waals surface area contributed by atoms with Crippen molar-refractivity contribution in [2.75, 3.05) is 4.72 Å². The van der Waals surface area contributed by atoms with Crippen LogP contribution >= 0.6 is 0 Å². The lowest BCUT2D eigenvalue weighted by molar-refractivity contribution is 0.0995. The standard InChI is InChI=1S/C24H19N3O4S/c1-16-11-13-18(14-12-16)32(30,31)27-21-15-22(23(28)20-10-6-5-9-19(20)21)25-26-24(29)17-7-3-2-4-8-17/h2-15,27-28H,1H3. The van der Waals surface area contributed by atoms with E-state index in [4.69, 9.17) is 0 Å². The summed E-state index contributed by atoms with van der Waals surface area (Å²) in [4.78, 5) is 12.4. The Morgan fingerprint density at radius 2 is 1.50 bits per heavy atom. The molecule has 8 heteroatoms. The zero-order valence-corrected chi connectivity index (χ0v) is 17.9. The van der Waals surface area contributed by atoms with Crippen LogP contribution < -0.4 is 4.72 Å². The Morgan fingerprint density at radius 3 is 2.19 bits per heavy atom. The molecule has 4 rings (SSSR count). The van der Waals surface area contributed by atoms with Gasteiger partial charge in [0.15, 0.2) is 5.75 Å². The first-order valence-electron chi connectivity index (χ1n) is 9.70. The van der Waals surface area contributed by atoms with E-state index in [2.05, 4.69) is 15.0 Å². The molecule has 160 valence electrons. The Kier molecular flexibility index (Phi) is 5.70. The maximum Gasteiger partial charge on any atom is 0.295 e. The first-order chi connectivity index (χ1) is 15.3. The number of aromatic hydroxyl groups is 1. The lowest BCUT2D eigenvalue weighted by atomic mass is 10.1. The van der Waals surface area contributed by atoms with Crippen LogP contribution in [0.5, 0.6) is 5.75 Å². The number of carbonyl (C=O) groups excluding carboxylic acids is 1. The third-order valence-corrected chi connectivity index (χ3v) is 6.22. The number of phenolic OH excluding ortho intramolecular Hbond substituents is 1. The Balaban J connectivity index is 1.76. The largest absolute Gasteiger partial charge is 0.505 e. The molecule has 0 aliphatic rings. The monoisotopic (exact) mass is 445 g/mol. The minimum absolute atomic E-state index is 0.0328. The molecule has 0 saturated heterocycles. The van der Waals surface area contributed by atoms with E-state index in [1.807, 2.05) is 6.92 Å². The van der Waals surface area contributed by atoms with Gasteiger partial charge in [0, 0.05) is 16.3 Å². The van der Waals surface area contributed by atoms with Crippen LogP contribution in [0, 0.1) is 6.92 Å². The highest BCUT2D eigenvalue weighted by molar-refractivity contribution is 7.92. The van der Waals surface area contributed by atoms with Crippen molar-refractivity contribution in [3.63, 3.8) is 0 Å². The van der Waals surface area contributed by atoms with Gasteiger partial charge in [0.05, 0.1) is 10.6 Å². The highest BCUT2D eigenvalue weighted by Crippen LogP contribution is 2.40. The number of hydrogen-bond acceptors (Lipinski definition) is 5. The summed E-state index contributed by atoms with van der Waals surface area (Å²) in [7, 11) is -3.90. The van der Waals surface area contributed by atoms with Gasteiger partial charge in [-0.15, -0.1) is 10.2 Å². The number of sulfonamides is 1. The minimum atomic E-state index is -3.90. The lowest BCUT2D eigenvalue weighted by Gasteiger charge is -2.13. The van der Waals surface area contributed by atoms with Crippen molar-refractivity contribution >= 4 is 38.1 Å². The second-order valence-electron chi connectivity index (χ2n) is 7.13. The van der Waals surface area contributed by atoms with Gasteiger partial charge in [0.2, 0.25) is 0 Å². The van der Waals surface area contributed by atoms with Crippen LogP contribution in [0.2, 0.25) is 0 Å². The van der Waals surface area contributed by atoms with Crippen molar-refractivity contribution < 1.29 is 18.3 Å². The summed E-state index contributed by atoms with van der Waals surface area (Å²) >= 11 is 0. The average Bonchev–Trinajstić information content (AvgIpc) is 2.80. The average molecular weight is 446 g/mol. The SMILES string of the molecule is Cc1ccc(S(=O)(=O)Nc2cc(N=NC(=O)c3ccccc3)c(O)c3ccccc23)cc1. The maximum atomic E-state index is 12.9. The van der Waals surface area contributed by atoms with E-state index >= 15 is 0 Å². The molecule has 0 saturated carbocycles. The Hall–Kier alpha value is -4.04. The van der Waals surface area contributed by atoms with Crippen LogP contribution in [0.1, 0.15) is 15.9 Å². The molecule has 0 aromatic heterocycles. The number of amides is 1. The molecule has 1 amide bonds. The van der Waals surface area contributed by atoms with Crippen molar-refractivity contribution in [1.29, 1.82) is 0 Å². The topological polar surface area (TPSA) is 108 Å². The summed E-state index contributed by atoms with van der Waals surface area (Å²) < 4.78 is 28.4. The van der Waals surface area contributed by atoms with Crippen molar-refractivity contribution in [2.45, 2.75) is 11.8 Å². The molecule has 0 bridgehead atoms. The minimum Gasteiger partial charge on any atom is -0.505 e. The fraction of sp³-hybridized carbons (Fsp3) is 0.0417. The van der Waals surface area contributed by atoms with Gasteiger partial charge in [0.1, 0.15) is 5.69 Å². The van der Waals surface area contributed by atoms with E-state index < -0.39 is 15.9 Å². The Bertz CT molecular complexity index is 1430. The Morgan fingerprint density at radius 1 is 0.875 bits per heavy atom. The number of benzene rings is 4. The summed E-state index contributed by atoms with van der Waals surface area (Å²) in [5.41, 5.74) is 1.45. The molecule has 0 aliphatic carbocycles. The van der Waals surface area contributed by atoms with E-state index in [9.17, 15) is 18.3 Å². The fourth-order valence-corrected chi connectivity index (χ4v) is 4.24. The van der Waals surface area contributed by atoms with Gasteiger partial charge in [-0.3, -0.25) is 9.52 Å². The van der Waals surface area contributed by atoms with Gasteiger partial charge in [-0.05, 0) is 37.3 Å². The van der Waals surface area contributed by atoms with E-state index in [0.29, 0.717) is 16.3 Å². The molecule has 0 aliphatic heterocycles.